The molecular formula is C15H25BrN2OSi. The van der Waals surface area contributed by atoms with Gasteiger partial charge < -0.3 is 4.74 Å². The number of hydrogen-bond donors (Lipinski definition) is 0. The van der Waals surface area contributed by atoms with E-state index in [2.05, 4.69) is 40.3 Å². The van der Waals surface area contributed by atoms with Gasteiger partial charge in [0.15, 0.2) is 0 Å². The zero-order valence-corrected chi connectivity index (χ0v) is 15.4. The van der Waals surface area contributed by atoms with Crippen LogP contribution < -0.4 is 0 Å². The van der Waals surface area contributed by atoms with Crippen molar-refractivity contribution >= 4 is 24.0 Å². The van der Waals surface area contributed by atoms with E-state index < -0.39 is 8.07 Å². The van der Waals surface area contributed by atoms with Crippen molar-refractivity contribution in [3.05, 3.63) is 15.9 Å². The Labute approximate surface area is 131 Å². The van der Waals surface area contributed by atoms with Crippen LogP contribution in [0.25, 0.3) is 0 Å². The second-order valence-corrected chi connectivity index (χ2v) is 13.9. The Balaban J connectivity index is 1.64. The van der Waals surface area contributed by atoms with Crippen LogP contribution in [0.5, 0.6) is 0 Å². The Kier molecular flexibility index (Phi) is 4.12. The topological polar surface area (TPSA) is 27.1 Å². The maximum Gasteiger partial charge on any atom is 0.139 e. The number of rotatable bonds is 7. The van der Waals surface area contributed by atoms with E-state index >= 15 is 0 Å². The van der Waals surface area contributed by atoms with E-state index in [4.69, 9.17) is 9.84 Å². The summed E-state index contributed by atoms with van der Waals surface area (Å²) in [5.74, 6) is 1.41. The first-order valence-corrected chi connectivity index (χ1v) is 12.3. The third kappa shape index (κ3) is 3.54. The van der Waals surface area contributed by atoms with E-state index in [1.807, 2.05) is 0 Å². The van der Waals surface area contributed by atoms with Gasteiger partial charge >= 0.3 is 0 Å². The van der Waals surface area contributed by atoms with Gasteiger partial charge in [-0.2, -0.15) is 5.10 Å². The number of halogens is 1. The second kappa shape index (κ2) is 5.58. The molecule has 0 bridgehead atoms. The smallest absolute Gasteiger partial charge is 0.139 e. The fourth-order valence-corrected chi connectivity index (χ4v) is 4.15. The molecule has 3 rings (SSSR count). The second-order valence-electron chi connectivity index (χ2n) is 7.48. The minimum atomic E-state index is -0.996. The van der Waals surface area contributed by atoms with Crippen molar-refractivity contribution in [3.63, 3.8) is 0 Å². The van der Waals surface area contributed by atoms with Crippen molar-refractivity contribution in [2.75, 3.05) is 6.61 Å². The molecule has 1 aromatic heterocycles. The van der Waals surface area contributed by atoms with Crippen LogP contribution in [0.1, 0.15) is 48.9 Å². The zero-order valence-electron chi connectivity index (χ0n) is 12.8. The van der Waals surface area contributed by atoms with Gasteiger partial charge in [0.25, 0.3) is 0 Å². The molecule has 2 aliphatic rings. The average Bonchev–Trinajstić information content (AvgIpc) is 3.22. The van der Waals surface area contributed by atoms with Crippen molar-refractivity contribution < 1.29 is 4.74 Å². The molecule has 0 amide bonds. The average molecular weight is 357 g/mol. The summed E-state index contributed by atoms with van der Waals surface area (Å²) in [5.41, 5.74) is 2.67. The summed E-state index contributed by atoms with van der Waals surface area (Å²) in [6, 6.07) is 1.23. The molecule has 0 radical (unpaired) electrons. The van der Waals surface area contributed by atoms with Crippen LogP contribution in [0.4, 0.5) is 0 Å². The van der Waals surface area contributed by atoms with Crippen LogP contribution in [-0.2, 0) is 11.5 Å². The van der Waals surface area contributed by atoms with Gasteiger partial charge in [-0.15, -0.1) is 0 Å². The Morgan fingerprint density at radius 2 is 1.85 bits per heavy atom. The standard InChI is InChI=1S/C15H25BrN2OSi/c1-20(2,3)9-8-19-10-18-15(12-6-7-12)13(16)14(17-18)11-4-5-11/h11-12H,4-10H2,1-3H3. The van der Waals surface area contributed by atoms with E-state index in [-0.39, 0.29) is 0 Å². The number of nitrogens with zero attached hydrogens (tertiary/aromatic N) is 2. The molecule has 20 heavy (non-hydrogen) atoms. The van der Waals surface area contributed by atoms with Gasteiger partial charge in [-0.3, -0.25) is 0 Å². The van der Waals surface area contributed by atoms with E-state index in [0.29, 0.717) is 18.6 Å². The van der Waals surface area contributed by atoms with Crippen LogP contribution in [0.2, 0.25) is 25.7 Å². The lowest BCUT2D eigenvalue weighted by Gasteiger charge is -2.15. The number of hydrogen-bond acceptors (Lipinski definition) is 2. The van der Waals surface area contributed by atoms with Gasteiger partial charge in [0.1, 0.15) is 6.73 Å². The Hall–Kier alpha value is -0.133. The molecule has 0 aromatic carbocycles. The van der Waals surface area contributed by atoms with Crippen LogP contribution in [0.15, 0.2) is 4.47 Å². The lowest BCUT2D eigenvalue weighted by molar-refractivity contribution is 0.0761. The number of aromatic nitrogens is 2. The highest BCUT2D eigenvalue weighted by molar-refractivity contribution is 9.10. The molecule has 112 valence electrons. The molecule has 1 aromatic rings. The first-order valence-electron chi connectivity index (χ1n) is 7.79. The molecule has 0 saturated heterocycles. The van der Waals surface area contributed by atoms with E-state index in [1.165, 1.54) is 47.6 Å². The summed E-state index contributed by atoms with van der Waals surface area (Å²) >= 11 is 3.79. The third-order valence-electron chi connectivity index (χ3n) is 4.09. The van der Waals surface area contributed by atoms with Crippen molar-refractivity contribution in [3.8, 4) is 0 Å². The summed E-state index contributed by atoms with van der Waals surface area (Å²) in [7, 11) is -0.996. The molecule has 0 N–H and O–H groups in total. The zero-order chi connectivity index (χ0) is 14.3. The Bertz CT molecular complexity index is 487. The molecule has 0 unspecified atom stereocenters. The molecule has 5 heteroatoms. The lowest BCUT2D eigenvalue weighted by atomic mass is 10.2. The summed E-state index contributed by atoms with van der Waals surface area (Å²) in [4.78, 5) is 0. The highest BCUT2D eigenvalue weighted by atomic mass is 79.9. The minimum absolute atomic E-state index is 0.627. The Morgan fingerprint density at radius 1 is 1.20 bits per heavy atom. The fraction of sp³-hybridized carbons (Fsp3) is 0.800. The maximum atomic E-state index is 5.90. The summed E-state index contributed by atoms with van der Waals surface area (Å²) < 4.78 is 9.30. The van der Waals surface area contributed by atoms with E-state index in [1.54, 1.807) is 0 Å². The molecule has 2 saturated carbocycles. The third-order valence-corrected chi connectivity index (χ3v) is 6.61. The molecule has 3 nitrogen and oxygen atoms in total. The van der Waals surface area contributed by atoms with Crippen molar-refractivity contribution in [1.82, 2.24) is 9.78 Å². The van der Waals surface area contributed by atoms with E-state index in [0.717, 1.165) is 6.61 Å². The van der Waals surface area contributed by atoms with Crippen molar-refractivity contribution in [2.45, 2.75) is 69.9 Å². The van der Waals surface area contributed by atoms with E-state index in [9.17, 15) is 0 Å². The molecule has 0 spiro atoms. The lowest BCUT2D eigenvalue weighted by Crippen LogP contribution is -2.22. The van der Waals surface area contributed by atoms with Gasteiger partial charge in [-0.1, -0.05) is 19.6 Å². The maximum absolute atomic E-state index is 5.90. The summed E-state index contributed by atoms with van der Waals surface area (Å²) in [6.45, 7) is 8.67. The fourth-order valence-electron chi connectivity index (χ4n) is 2.46. The predicted octanol–water partition coefficient (Wildman–Crippen LogP) is 4.71. The number of ether oxygens (including phenoxy) is 1. The molecule has 0 atom stereocenters. The van der Waals surface area contributed by atoms with Gasteiger partial charge in [0.2, 0.25) is 0 Å². The molecular weight excluding hydrogens is 332 g/mol. The first-order chi connectivity index (χ1) is 9.46. The quantitative estimate of drug-likeness (QED) is 0.522. The van der Waals surface area contributed by atoms with Crippen LogP contribution in [-0.4, -0.2) is 24.5 Å². The predicted molar refractivity (Wildman–Crippen MR) is 88.0 cm³/mol. The van der Waals surface area contributed by atoms with Gasteiger partial charge in [-0.25, -0.2) is 4.68 Å². The minimum Gasteiger partial charge on any atom is -0.360 e. The molecule has 2 aliphatic carbocycles. The van der Waals surface area contributed by atoms with Gasteiger partial charge in [0, 0.05) is 26.5 Å². The Morgan fingerprint density at radius 3 is 2.40 bits per heavy atom. The largest absolute Gasteiger partial charge is 0.360 e. The van der Waals surface area contributed by atoms with Crippen molar-refractivity contribution in [2.24, 2.45) is 0 Å². The van der Waals surface area contributed by atoms with Crippen molar-refractivity contribution in [1.29, 1.82) is 0 Å². The molecule has 1 heterocycles. The highest BCUT2D eigenvalue weighted by Gasteiger charge is 2.36. The van der Waals surface area contributed by atoms with Gasteiger partial charge in [0.05, 0.1) is 15.9 Å². The summed E-state index contributed by atoms with van der Waals surface area (Å²) in [6.07, 6.45) is 5.22. The highest BCUT2D eigenvalue weighted by Crippen LogP contribution is 2.49. The van der Waals surface area contributed by atoms with Crippen LogP contribution in [0, 0.1) is 0 Å². The SMILES string of the molecule is C[Si](C)(C)CCOCn1nc(C2CC2)c(Br)c1C1CC1. The van der Waals surface area contributed by atoms with Gasteiger partial charge in [-0.05, 0) is 47.7 Å². The summed E-state index contributed by atoms with van der Waals surface area (Å²) in [5, 5.41) is 4.82. The van der Waals surface area contributed by atoms with Crippen LogP contribution >= 0.6 is 15.9 Å². The first kappa shape index (κ1) is 14.8. The molecule has 2 fully saturated rings. The normalized spacial score (nSPS) is 19.6. The molecule has 0 aliphatic heterocycles. The van der Waals surface area contributed by atoms with Crippen LogP contribution in [0.3, 0.4) is 0 Å². The monoisotopic (exact) mass is 356 g/mol.